The zero-order valence-corrected chi connectivity index (χ0v) is 11.8. The number of amides is 1. The quantitative estimate of drug-likeness (QED) is 0.845. The molecule has 0 unspecified atom stereocenters. The molecule has 0 N–H and O–H groups in total. The van der Waals surface area contributed by atoms with Gasteiger partial charge in [0.2, 0.25) is 0 Å². The van der Waals surface area contributed by atoms with Gasteiger partial charge in [0, 0.05) is 18.1 Å². The van der Waals surface area contributed by atoms with Crippen LogP contribution in [0.3, 0.4) is 0 Å². The zero-order chi connectivity index (χ0) is 12.3. The lowest BCUT2D eigenvalue weighted by Gasteiger charge is -2.17. The second kappa shape index (κ2) is 5.47. The molecule has 88 valence electrons. The molecule has 2 aromatic rings. The maximum Gasteiger partial charge on any atom is 0.263 e. The van der Waals surface area contributed by atoms with Crippen LogP contribution in [0.15, 0.2) is 46.3 Å². The van der Waals surface area contributed by atoms with Crippen molar-refractivity contribution in [2.75, 3.05) is 7.05 Å². The third-order valence-electron chi connectivity index (χ3n) is 2.44. The first kappa shape index (κ1) is 12.3. The summed E-state index contributed by atoms with van der Waals surface area (Å²) in [6, 6.07) is 11.7. The van der Waals surface area contributed by atoms with Crippen LogP contribution < -0.4 is 0 Å². The molecule has 1 amide bonds. The summed E-state index contributed by atoms with van der Waals surface area (Å²) in [7, 11) is 1.82. The van der Waals surface area contributed by atoms with Gasteiger partial charge in [0.05, 0.1) is 4.88 Å². The van der Waals surface area contributed by atoms with Crippen molar-refractivity contribution < 1.29 is 4.79 Å². The van der Waals surface area contributed by atoms with E-state index in [1.165, 1.54) is 11.3 Å². The molecule has 0 aliphatic rings. The number of benzene rings is 1. The first-order valence-corrected chi connectivity index (χ1v) is 6.88. The van der Waals surface area contributed by atoms with Gasteiger partial charge in [-0.25, -0.2) is 0 Å². The Morgan fingerprint density at radius 1 is 1.29 bits per heavy atom. The highest BCUT2D eigenvalue weighted by Gasteiger charge is 2.13. The van der Waals surface area contributed by atoms with Crippen molar-refractivity contribution in [3.8, 4) is 0 Å². The summed E-state index contributed by atoms with van der Waals surface area (Å²) in [5.74, 6) is 0.0655. The molecule has 2 nitrogen and oxygen atoms in total. The molecule has 17 heavy (non-hydrogen) atoms. The van der Waals surface area contributed by atoms with Crippen LogP contribution in [0.5, 0.6) is 0 Å². The molecule has 0 spiro atoms. The fourth-order valence-corrected chi connectivity index (χ4v) is 2.67. The van der Waals surface area contributed by atoms with E-state index in [4.69, 9.17) is 0 Å². The third-order valence-corrected chi connectivity index (χ3v) is 4.08. The van der Waals surface area contributed by atoms with Gasteiger partial charge in [0.1, 0.15) is 0 Å². The Morgan fingerprint density at radius 3 is 2.71 bits per heavy atom. The lowest BCUT2D eigenvalue weighted by molar-refractivity contribution is 0.0789. The van der Waals surface area contributed by atoms with Gasteiger partial charge in [0.25, 0.3) is 5.91 Å². The molecule has 1 heterocycles. The van der Waals surface area contributed by atoms with Crippen molar-refractivity contribution >= 4 is 33.2 Å². The third kappa shape index (κ3) is 2.96. The van der Waals surface area contributed by atoms with Crippen molar-refractivity contribution in [2.45, 2.75) is 6.54 Å². The van der Waals surface area contributed by atoms with E-state index in [2.05, 4.69) is 15.9 Å². The molecule has 0 bridgehead atoms. The maximum absolute atomic E-state index is 12.0. The lowest BCUT2D eigenvalue weighted by Crippen LogP contribution is -2.25. The van der Waals surface area contributed by atoms with Gasteiger partial charge in [-0.1, -0.05) is 40.2 Å². The van der Waals surface area contributed by atoms with Crippen LogP contribution in [0.4, 0.5) is 0 Å². The van der Waals surface area contributed by atoms with Crippen LogP contribution in [0.25, 0.3) is 0 Å². The van der Waals surface area contributed by atoms with Gasteiger partial charge in [-0.3, -0.25) is 4.79 Å². The Hall–Kier alpha value is -1.13. The molecule has 0 aliphatic heterocycles. The number of hydrogen-bond donors (Lipinski definition) is 0. The molecule has 4 heteroatoms. The van der Waals surface area contributed by atoms with Crippen LogP contribution in [-0.2, 0) is 6.54 Å². The van der Waals surface area contributed by atoms with Gasteiger partial charge >= 0.3 is 0 Å². The molecule has 0 saturated carbocycles. The van der Waals surface area contributed by atoms with E-state index in [1.807, 2.05) is 48.8 Å². The average Bonchev–Trinajstić information content (AvgIpc) is 2.84. The van der Waals surface area contributed by atoms with Gasteiger partial charge in [-0.2, -0.15) is 0 Å². The molecule has 0 atom stereocenters. The number of rotatable bonds is 3. The topological polar surface area (TPSA) is 20.3 Å². The summed E-state index contributed by atoms with van der Waals surface area (Å²) in [5.41, 5.74) is 1.11. The Balaban J connectivity index is 2.10. The van der Waals surface area contributed by atoms with Crippen molar-refractivity contribution in [3.05, 3.63) is 56.7 Å². The molecule has 1 aromatic carbocycles. The minimum atomic E-state index is 0.0655. The molecule has 2 rings (SSSR count). The predicted octanol–water partition coefficient (Wildman–Crippen LogP) is 3.78. The van der Waals surface area contributed by atoms with Crippen LogP contribution in [-0.4, -0.2) is 17.9 Å². The van der Waals surface area contributed by atoms with Crippen LogP contribution >= 0.6 is 27.3 Å². The summed E-state index contributed by atoms with van der Waals surface area (Å²) in [6.07, 6.45) is 0. The van der Waals surface area contributed by atoms with Crippen molar-refractivity contribution in [3.63, 3.8) is 0 Å². The second-order valence-electron chi connectivity index (χ2n) is 3.73. The van der Waals surface area contributed by atoms with Crippen molar-refractivity contribution in [1.82, 2.24) is 4.90 Å². The largest absolute Gasteiger partial charge is 0.337 e. The molecule has 0 fully saturated rings. The average molecular weight is 310 g/mol. The maximum atomic E-state index is 12.0. The van der Waals surface area contributed by atoms with Crippen LogP contribution in [0.1, 0.15) is 15.2 Å². The van der Waals surface area contributed by atoms with Gasteiger partial charge < -0.3 is 4.90 Å². The minimum Gasteiger partial charge on any atom is -0.337 e. The first-order chi connectivity index (χ1) is 8.18. The summed E-state index contributed by atoms with van der Waals surface area (Å²) < 4.78 is 1.03. The number of carbonyl (C=O) groups is 1. The van der Waals surface area contributed by atoms with Crippen LogP contribution in [0, 0.1) is 0 Å². The van der Waals surface area contributed by atoms with Gasteiger partial charge in [0.15, 0.2) is 0 Å². The van der Waals surface area contributed by atoms with E-state index in [0.29, 0.717) is 6.54 Å². The highest BCUT2D eigenvalue weighted by Crippen LogP contribution is 2.19. The Bertz CT molecular complexity index is 510. The summed E-state index contributed by atoms with van der Waals surface area (Å²) >= 11 is 4.96. The van der Waals surface area contributed by atoms with Crippen LogP contribution in [0.2, 0.25) is 0 Å². The smallest absolute Gasteiger partial charge is 0.263 e. The Morgan fingerprint density at radius 2 is 2.06 bits per heavy atom. The fraction of sp³-hybridized carbons (Fsp3) is 0.154. The number of halogens is 1. The molecular weight excluding hydrogens is 298 g/mol. The Kier molecular flexibility index (Phi) is 3.97. The molecule has 0 saturated heterocycles. The highest BCUT2D eigenvalue weighted by atomic mass is 79.9. The van der Waals surface area contributed by atoms with E-state index < -0.39 is 0 Å². The minimum absolute atomic E-state index is 0.0655. The summed E-state index contributed by atoms with van der Waals surface area (Å²) in [6.45, 7) is 0.609. The van der Waals surface area contributed by atoms with Gasteiger partial charge in [-0.05, 0) is 23.1 Å². The SMILES string of the molecule is CN(Cc1ccccc1Br)C(=O)c1cccs1. The van der Waals surface area contributed by atoms with E-state index in [-0.39, 0.29) is 5.91 Å². The second-order valence-corrected chi connectivity index (χ2v) is 5.53. The molecule has 1 aromatic heterocycles. The fourth-order valence-electron chi connectivity index (χ4n) is 1.54. The van der Waals surface area contributed by atoms with E-state index in [9.17, 15) is 4.79 Å². The van der Waals surface area contributed by atoms with Crippen molar-refractivity contribution in [1.29, 1.82) is 0 Å². The lowest BCUT2D eigenvalue weighted by atomic mass is 10.2. The van der Waals surface area contributed by atoms with E-state index in [1.54, 1.807) is 4.90 Å². The first-order valence-electron chi connectivity index (χ1n) is 5.21. The number of hydrogen-bond acceptors (Lipinski definition) is 2. The zero-order valence-electron chi connectivity index (χ0n) is 9.39. The molecule has 0 radical (unpaired) electrons. The predicted molar refractivity (Wildman–Crippen MR) is 74.3 cm³/mol. The van der Waals surface area contributed by atoms with Crippen molar-refractivity contribution in [2.24, 2.45) is 0 Å². The standard InChI is InChI=1S/C13H12BrNOS/c1-15(13(16)12-7-4-8-17-12)9-10-5-2-3-6-11(10)14/h2-8H,9H2,1H3. The summed E-state index contributed by atoms with van der Waals surface area (Å²) in [5, 5.41) is 1.92. The monoisotopic (exact) mass is 309 g/mol. The normalized spacial score (nSPS) is 10.2. The Labute approximate surface area is 113 Å². The number of thiophene rings is 1. The molecule has 0 aliphatic carbocycles. The number of nitrogens with zero attached hydrogens (tertiary/aromatic N) is 1. The van der Waals surface area contributed by atoms with E-state index in [0.717, 1.165) is 14.9 Å². The highest BCUT2D eigenvalue weighted by molar-refractivity contribution is 9.10. The number of carbonyl (C=O) groups excluding carboxylic acids is 1. The van der Waals surface area contributed by atoms with E-state index >= 15 is 0 Å². The molecular formula is C13H12BrNOS. The van der Waals surface area contributed by atoms with Gasteiger partial charge in [-0.15, -0.1) is 11.3 Å². The summed E-state index contributed by atoms with van der Waals surface area (Å²) in [4.78, 5) is 14.5.